The van der Waals surface area contributed by atoms with E-state index in [0.717, 1.165) is 18.4 Å². The van der Waals surface area contributed by atoms with Crippen molar-refractivity contribution in [2.45, 2.75) is 52.5 Å². The summed E-state index contributed by atoms with van der Waals surface area (Å²) in [5.74, 6) is -1.06. The van der Waals surface area contributed by atoms with Gasteiger partial charge in [0, 0.05) is 19.6 Å². The highest BCUT2D eigenvalue weighted by atomic mass is 16.5. The topological polar surface area (TPSA) is 76.2 Å². The number of amides is 2. The van der Waals surface area contributed by atoms with Crippen molar-refractivity contribution >= 4 is 18.0 Å². The Bertz CT molecular complexity index is 694. The van der Waals surface area contributed by atoms with Crippen LogP contribution in [0.5, 0.6) is 0 Å². The monoisotopic (exact) mass is 418 g/mol. The van der Waals surface area contributed by atoms with Crippen molar-refractivity contribution in [3.63, 3.8) is 0 Å². The summed E-state index contributed by atoms with van der Waals surface area (Å²) in [5, 5.41) is 0. The summed E-state index contributed by atoms with van der Waals surface area (Å²) in [6.07, 6.45) is 2.69. The van der Waals surface area contributed by atoms with Crippen LogP contribution in [0.3, 0.4) is 0 Å². The van der Waals surface area contributed by atoms with Crippen LogP contribution >= 0.6 is 0 Å². The number of urea groups is 1. The van der Waals surface area contributed by atoms with E-state index in [1.54, 1.807) is 23.6 Å². The zero-order chi connectivity index (χ0) is 21.9. The highest BCUT2D eigenvalue weighted by molar-refractivity contribution is 5.84. The summed E-state index contributed by atoms with van der Waals surface area (Å²) in [6.45, 7) is 7.26. The average Bonchev–Trinajstić information content (AvgIpc) is 3.24. The molecule has 1 aromatic rings. The maximum atomic E-state index is 13.2. The van der Waals surface area contributed by atoms with Crippen LogP contribution in [0.2, 0.25) is 0 Å². The summed E-state index contributed by atoms with van der Waals surface area (Å²) in [7, 11) is 0. The molecule has 1 fully saturated rings. The molecule has 1 unspecified atom stereocenters. The Hall–Kier alpha value is -2.57. The van der Waals surface area contributed by atoms with Gasteiger partial charge in [0.1, 0.15) is 6.04 Å². The first-order chi connectivity index (χ1) is 14.5. The minimum Gasteiger partial charge on any atom is -0.466 e. The van der Waals surface area contributed by atoms with Gasteiger partial charge in [-0.3, -0.25) is 4.79 Å². The zero-order valence-electron chi connectivity index (χ0n) is 18.3. The van der Waals surface area contributed by atoms with Gasteiger partial charge in [0.25, 0.3) is 0 Å². The predicted octanol–water partition coefficient (Wildman–Crippen LogP) is 3.27. The second kappa shape index (κ2) is 12.2. The summed E-state index contributed by atoms with van der Waals surface area (Å²) < 4.78 is 10.4. The highest BCUT2D eigenvalue weighted by Gasteiger charge is 2.38. The van der Waals surface area contributed by atoms with Gasteiger partial charge in [0.2, 0.25) is 0 Å². The maximum Gasteiger partial charge on any atom is 0.328 e. The number of esters is 2. The van der Waals surface area contributed by atoms with E-state index in [4.69, 9.17) is 9.47 Å². The first kappa shape index (κ1) is 23.7. The van der Waals surface area contributed by atoms with E-state index in [-0.39, 0.29) is 24.5 Å². The molecule has 0 N–H and O–H groups in total. The maximum absolute atomic E-state index is 13.2. The van der Waals surface area contributed by atoms with Gasteiger partial charge < -0.3 is 19.3 Å². The molecule has 0 radical (unpaired) electrons. The molecule has 1 heterocycles. The fourth-order valence-electron chi connectivity index (χ4n) is 3.80. The molecule has 2 amide bonds. The van der Waals surface area contributed by atoms with Crippen LogP contribution in [0.1, 0.15) is 45.6 Å². The number of hydrogen-bond donors (Lipinski definition) is 0. The van der Waals surface area contributed by atoms with Gasteiger partial charge in [-0.05, 0) is 52.0 Å². The number of carbonyl (C=O) groups is 3. The summed E-state index contributed by atoms with van der Waals surface area (Å²) in [5.41, 5.74) is 1.14. The first-order valence-corrected chi connectivity index (χ1v) is 10.9. The largest absolute Gasteiger partial charge is 0.466 e. The van der Waals surface area contributed by atoms with Crippen LogP contribution in [-0.2, 0) is 25.5 Å². The molecule has 2 atom stereocenters. The van der Waals surface area contributed by atoms with Crippen molar-refractivity contribution < 1.29 is 23.9 Å². The molecule has 166 valence electrons. The van der Waals surface area contributed by atoms with E-state index >= 15 is 0 Å². The molecule has 1 saturated heterocycles. The molecule has 2 rings (SSSR count). The highest BCUT2D eigenvalue weighted by Crippen LogP contribution is 2.22. The van der Waals surface area contributed by atoms with E-state index in [2.05, 4.69) is 0 Å². The standard InChI is InChI=1S/C23H34N2O5/c1-4-24(23(28)25-16-10-13-20(25)22(27)30-6-3)17-19(21(26)29-5-2)15-14-18-11-8-7-9-12-18/h7-9,11-12,19-20H,4-6,10,13-17H2,1-3H3/t19?,20-/m0/s1. The number of hydrogen-bond acceptors (Lipinski definition) is 5. The quantitative estimate of drug-likeness (QED) is 0.545. The van der Waals surface area contributed by atoms with Gasteiger partial charge in [0.15, 0.2) is 0 Å². The molecule has 1 aliphatic rings. The lowest BCUT2D eigenvalue weighted by molar-refractivity contribution is -0.149. The van der Waals surface area contributed by atoms with Gasteiger partial charge in [-0.25, -0.2) is 9.59 Å². The van der Waals surface area contributed by atoms with E-state index in [1.165, 1.54) is 0 Å². The van der Waals surface area contributed by atoms with Crippen molar-refractivity contribution in [2.24, 2.45) is 5.92 Å². The Morgan fingerprint density at radius 3 is 2.43 bits per heavy atom. The summed E-state index contributed by atoms with van der Waals surface area (Å²) in [6, 6.07) is 9.19. The lowest BCUT2D eigenvalue weighted by Gasteiger charge is -2.32. The molecular weight excluding hydrogens is 384 g/mol. The molecule has 0 saturated carbocycles. The van der Waals surface area contributed by atoms with Crippen molar-refractivity contribution in [1.29, 1.82) is 0 Å². The molecule has 1 aromatic carbocycles. The molecule has 1 aliphatic heterocycles. The number of likely N-dealkylation sites (tertiary alicyclic amines) is 1. The van der Waals surface area contributed by atoms with E-state index in [1.807, 2.05) is 37.3 Å². The van der Waals surface area contributed by atoms with Gasteiger partial charge in [-0.2, -0.15) is 0 Å². The summed E-state index contributed by atoms with van der Waals surface area (Å²) >= 11 is 0. The van der Waals surface area contributed by atoms with Gasteiger partial charge in [0.05, 0.1) is 19.1 Å². The Kier molecular flexibility index (Phi) is 9.64. The number of rotatable bonds is 10. The molecular formula is C23H34N2O5. The molecule has 0 aliphatic carbocycles. The molecule has 0 aromatic heterocycles. The minimum absolute atomic E-state index is 0.220. The van der Waals surface area contributed by atoms with Gasteiger partial charge in [-0.15, -0.1) is 0 Å². The van der Waals surface area contributed by atoms with Crippen LogP contribution in [0, 0.1) is 5.92 Å². The van der Waals surface area contributed by atoms with Crippen LogP contribution in [-0.4, -0.2) is 66.7 Å². The fraction of sp³-hybridized carbons (Fsp3) is 0.609. The molecule has 7 heteroatoms. The first-order valence-electron chi connectivity index (χ1n) is 10.9. The average molecular weight is 419 g/mol. The molecule has 0 bridgehead atoms. The lowest BCUT2D eigenvalue weighted by atomic mass is 9.99. The van der Waals surface area contributed by atoms with E-state index in [9.17, 15) is 14.4 Å². The Labute approximate surface area is 179 Å². The van der Waals surface area contributed by atoms with Crippen molar-refractivity contribution in [1.82, 2.24) is 9.80 Å². The fourth-order valence-corrected chi connectivity index (χ4v) is 3.80. The Morgan fingerprint density at radius 2 is 1.80 bits per heavy atom. The van der Waals surface area contributed by atoms with Crippen molar-refractivity contribution in [3.05, 3.63) is 35.9 Å². The van der Waals surface area contributed by atoms with Crippen LogP contribution in [0.15, 0.2) is 30.3 Å². The predicted molar refractivity (Wildman–Crippen MR) is 114 cm³/mol. The zero-order valence-corrected chi connectivity index (χ0v) is 18.3. The third-order valence-corrected chi connectivity index (χ3v) is 5.39. The van der Waals surface area contributed by atoms with E-state index in [0.29, 0.717) is 39.1 Å². The van der Waals surface area contributed by atoms with Gasteiger partial charge in [-0.1, -0.05) is 30.3 Å². The second-order valence-corrected chi connectivity index (χ2v) is 7.40. The number of ether oxygens (including phenoxy) is 2. The second-order valence-electron chi connectivity index (χ2n) is 7.40. The van der Waals surface area contributed by atoms with E-state index < -0.39 is 12.0 Å². The number of benzene rings is 1. The minimum atomic E-state index is -0.545. The molecule has 30 heavy (non-hydrogen) atoms. The van der Waals surface area contributed by atoms with Crippen LogP contribution in [0.25, 0.3) is 0 Å². The lowest BCUT2D eigenvalue weighted by Crippen LogP contribution is -2.50. The third kappa shape index (κ3) is 6.47. The Morgan fingerprint density at radius 1 is 1.10 bits per heavy atom. The third-order valence-electron chi connectivity index (χ3n) is 5.39. The smallest absolute Gasteiger partial charge is 0.328 e. The normalized spacial score (nSPS) is 16.8. The number of carbonyl (C=O) groups excluding carboxylic acids is 3. The summed E-state index contributed by atoms with van der Waals surface area (Å²) in [4.78, 5) is 41.2. The SMILES string of the molecule is CCOC(=O)C(CCc1ccccc1)CN(CC)C(=O)N1CCC[C@H]1C(=O)OCC. The molecule has 0 spiro atoms. The van der Waals surface area contributed by atoms with Crippen molar-refractivity contribution in [2.75, 3.05) is 32.8 Å². The molecule has 7 nitrogen and oxygen atoms in total. The van der Waals surface area contributed by atoms with Crippen molar-refractivity contribution in [3.8, 4) is 0 Å². The number of nitrogens with zero attached hydrogens (tertiary/aromatic N) is 2. The number of aryl methyl sites for hydroxylation is 1. The van der Waals surface area contributed by atoms with Gasteiger partial charge >= 0.3 is 18.0 Å². The van der Waals surface area contributed by atoms with Crippen LogP contribution < -0.4 is 0 Å². The van der Waals surface area contributed by atoms with Crippen LogP contribution in [0.4, 0.5) is 4.79 Å². The Balaban J connectivity index is 2.07.